The molecule has 0 saturated carbocycles. The number of hydrogen-bond acceptors (Lipinski definition) is 5. The summed E-state index contributed by atoms with van der Waals surface area (Å²) in [5.41, 5.74) is 4.64. The lowest BCUT2D eigenvalue weighted by Crippen LogP contribution is -1.97. The summed E-state index contributed by atoms with van der Waals surface area (Å²) in [6.07, 6.45) is 2.88. The molecule has 2 aromatic carbocycles. The topological polar surface area (TPSA) is 77.7 Å². The van der Waals surface area contributed by atoms with Gasteiger partial charge in [-0.05, 0) is 48.9 Å². The molecule has 0 aliphatic heterocycles. The number of aryl methyl sites for hydroxylation is 2. The summed E-state index contributed by atoms with van der Waals surface area (Å²) in [7, 11) is -1.30. The van der Waals surface area contributed by atoms with Gasteiger partial charge in [0.25, 0.3) is 0 Å². The van der Waals surface area contributed by atoms with E-state index in [1.807, 2.05) is 36.7 Å². The van der Waals surface area contributed by atoms with Crippen LogP contribution in [0.15, 0.2) is 59.8 Å². The van der Waals surface area contributed by atoms with E-state index in [0.717, 1.165) is 39.1 Å². The van der Waals surface area contributed by atoms with Gasteiger partial charge in [0.05, 0.1) is 16.1 Å². The summed E-state index contributed by atoms with van der Waals surface area (Å²) in [5.74, 6) is 0.803. The lowest BCUT2D eigenvalue weighted by molar-refractivity contribution is 0.602. The van der Waals surface area contributed by atoms with Crippen LogP contribution in [0.4, 0.5) is 0 Å². The minimum atomic E-state index is -3.21. The van der Waals surface area contributed by atoms with Crippen LogP contribution < -0.4 is 0 Å². The van der Waals surface area contributed by atoms with Gasteiger partial charge >= 0.3 is 0 Å². The van der Waals surface area contributed by atoms with Gasteiger partial charge in [0, 0.05) is 29.8 Å². The van der Waals surface area contributed by atoms with E-state index in [4.69, 9.17) is 4.98 Å². The zero-order valence-corrected chi connectivity index (χ0v) is 16.0. The predicted octanol–water partition coefficient (Wildman–Crippen LogP) is 3.41. The number of hydrogen-bond donors (Lipinski definition) is 0. The Morgan fingerprint density at radius 2 is 1.67 bits per heavy atom. The number of nitrogens with zero attached hydrogens (tertiary/aromatic N) is 4. The normalized spacial score (nSPS) is 11.8. The standard InChI is InChI=1S/C20H18N4O2S/c1-13-10-19(14-4-7-16(8-5-14)27(3,25)26)22-18-9-6-15(11-17(13)18)20-23-21-12-24(20)2/h4-12H,1-3H3. The molecule has 4 aromatic rings. The maximum Gasteiger partial charge on any atom is 0.175 e. The van der Waals surface area contributed by atoms with Crippen LogP contribution in [0, 0.1) is 6.92 Å². The first-order valence-electron chi connectivity index (χ1n) is 8.39. The van der Waals surface area contributed by atoms with E-state index < -0.39 is 9.84 Å². The molecule has 0 aliphatic carbocycles. The first kappa shape index (κ1) is 17.4. The highest BCUT2D eigenvalue weighted by Gasteiger charge is 2.11. The highest BCUT2D eigenvalue weighted by molar-refractivity contribution is 7.90. The highest BCUT2D eigenvalue weighted by Crippen LogP contribution is 2.28. The second-order valence-corrected chi connectivity index (χ2v) is 8.63. The fraction of sp³-hybridized carbons (Fsp3) is 0.150. The predicted molar refractivity (Wildman–Crippen MR) is 105 cm³/mol. The number of aromatic nitrogens is 4. The van der Waals surface area contributed by atoms with Crippen molar-refractivity contribution in [2.75, 3.05) is 6.26 Å². The Labute approximate surface area is 157 Å². The summed E-state index contributed by atoms with van der Waals surface area (Å²) in [6.45, 7) is 2.04. The maximum absolute atomic E-state index is 11.6. The van der Waals surface area contributed by atoms with Crippen molar-refractivity contribution in [2.45, 2.75) is 11.8 Å². The summed E-state index contributed by atoms with van der Waals surface area (Å²) in [5, 5.41) is 9.14. The summed E-state index contributed by atoms with van der Waals surface area (Å²) < 4.78 is 25.1. The quantitative estimate of drug-likeness (QED) is 0.546. The Morgan fingerprint density at radius 3 is 2.30 bits per heavy atom. The van der Waals surface area contributed by atoms with E-state index in [2.05, 4.69) is 16.3 Å². The fourth-order valence-corrected chi connectivity index (χ4v) is 3.73. The van der Waals surface area contributed by atoms with Crippen LogP contribution in [-0.2, 0) is 16.9 Å². The third-order valence-electron chi connectivity index (χ3n) is 4.56. The molecule has 0 fully saturated rings. The molecule has 0 unspecified atom stereocenters. The molecule has 0 spiro atoms. The van der Waals surface area contributed by atoms with Crippen LogP contribution in [-0.4, -0.2) is 34.4 Å². The van der Waals surface area contributed by atoms with Crippen LogP contribution in [0.25, 0.3) is 33.5 Å². The highest BCUT2D eigenvalue weighted by atomic mass is 32.2. The van der Waals surface area contributed by atoms with E-state index in [9.17, 15) is 8.42 Å². The Kier molecular flexibility index (Phi) is 4.04. The number of rotatable bonds is 3. The molecule has 27 heavy (non-hydrogen) atoms. The second-order valence-electron chi connectivity index (χ2n) is 6.62. The molecule has 0 bridgehead atoms. The Hall–Kier alpha value is -3.06. The van der Waals surface area contributed by atoms with Gasteiger partial charge in [-0.1, -0.05) is 12.1 Å². The number of benzene rings is 2. The Bertz CT molecular complexity index is 1260. The number of fused-ring (bicyclic) bond motifs is 1. The molecular formula is C20H18N4O2S. The first-order valence-corrected chi connectivity index (χ1v) is 10.3. The largest absolute Gasteiger partial charge is 0.317 e. The molecule has 2 aromatic heterocycles. The monoisotopic (exact) mass is 378 g/mol. The summed E-state index contributed by atoms with van der Waals surface area (Å²) in [6, 6.07) is 14.8. The molecule has 2 heterocycles. The molecule has 7 heteroatoms. The number of sulfone groups is 1. The van der Waals surface area contributed by atoms with Gasteiger partial charge in [-0.15, -0.1) is 10.2 Å². The zero-order valence-electron chi connectivity index (χ0n) is 15.2. The third-order valence-corrected chi connectivity index (χ3v) is 5.69. The van der Waals surface area contributed by atoms with Crippen LogP contribution >= 0.6 is 0 Å². The van der Waals surface area contributed by atoms with Crippen molar-refractivity contribution in [3.63, 3.8) is 0 Å². The lowest BCUT2D eigenvalue weighted by Gasteiger charge is -2.09. The van der Waals surface area contributed by atoms with Crippen molar-refractivity contribution < 1.29 is 8.42 Å². The van der Waals surface area contributed by atoms with Crippen molar-refractivity contribution in [2.24, 2.45) is 7.05 Å². The third kappa shape index (κ3) is 3.21. The van der Waals surface area contributed by atoms with Crippen molar-refractivity contribution in [3.05, 3.63) is 60.4 Å². The number of pyridine rings is 1. The molecule has 0 atom stereocenters. The molecule has 0 saturated heterocycles. The van der Waals surface area contributed by atoms with E-state index in [0.29, 0.717) is 4.90 Å². The SMILES string of the molecule is Cc1cc(-c2ccc(S(C)(=O)=O)cc2)nc2ccc(-c3nncn3C)cc12. The maximum atomic E-state index is 11.6. The molecular weight excluding hydrogens is 360 g/mol. The van der Waals surface area contributed by atoms with E-state index in [-0.39, 0.29) is 0 Å². The minimum absolute atomic E-state index is 0.303. The summed E-state index contributed by atoms with van der Waals surface area (Å²) in [4.78, 5) is 5.05. The van der Waals surface area contributed by atoms with Crippen LogP contribution in [0.3, 0.4) is 0 Å². The van der Waals surface area contributed by atoms with E-state index >= 15 is 0 Å². The van der Waals surface area contributed by atoms with Crippen molar-refractivity contribution >= 4 is 20.7 Å². The molecule has 0 amide bonds. The van der Waals surface area contributed by atoms with Crippen molar-refractivity contribution in [1.82, 2.24) is 19.7 Å². The van der Waals surface area contributed by atoms with Gasteiger partial charge < -0.3 is 4.57 Å². The molecule has 0 N–H and O–H groups in total. The van der Waals surface area contributed by atoms with Gasteiger partial charge in [0.15, 0.2) is 15.7 Å². The Morgan fingerprint density at radius 1 is 0.963 bits per heavy atom. The van der Waals surface area contributed by atoms with E-state index in [1.165, 1.54) is 6.26 Å². The van der Waals surface area contributed by atoms with Crippen LogP contribution in [0.5, 0.6) is 0 Å². The smallest absolute Gasteiger partial charge is 0.175 e. The van der Waals surface area contributed by atoms with Gasteiger partial charge in [-0.3, -0.25) is 0 Å². The van der Waals surface area contributed by atoms with Gasteiger partial charge in [0.1, 0.15) is 6.33 Å². The van der Waals surface area contributed by atoms with Gasteiger partial charge in [0.2, 0.25) is 0 Å². The second kappa shape index (κ2) is 6.28. The van der Waals surface area contributed by atoms with Crippen molar-refractivity contribution in [1.29, 1.82) is 0 Å². The van der Waals surface area contributed by atoms with Gasteiger partial charge in [-0.25, -0.2) is 13.4 Å². The molecule has 0 radical (unpaired) electrons. The minimum Gasteiger partial charge on any atom is -0.317 e. The van der Waals surface area contributed by atoms with E-state index in [1.54, 1.807) is 30.6 Å². The summed E-state index contributed by atoms with van der Waals surface area (Å²) >= 11 is 0. The zero-order chi connectivity index (χ0) is 19.2. The molecule has 6 nitrogen and oxygen atoms in total. The average molecular weight is 378 g/mol. The van der Waals surface area contributed by atoms with Crippen LogP contribution in [0.1, 0.15) is 5.56 Å². The first-order chi connectivity index (χ1) is 12.8. The Balaban J connectivity index is 1.79. The molecule has 4 rings (SSSR count). The van der Waals surface area contributed by atoms with Gasteiger partial charge in [-0.2, -0.15) is 0 Å². The molecule has 136 valence electrons. The van der Waals surface area contributed by atoms with Crippen molar-refractivity contribution in [3.8, 4) is 22.6 Å². The van der Waals surface area contributed by atoms with Crippen LogP contribution in [0.2, 0.25) is 0 Å². The average Bonchev–Trinajstić information content (AvgIpc) is 3.07. The molecule has 0 aliphatic rings. The lowest BCUT2D eigenvalue weighted by atomic mass is 10.0. The fourth-order valence-electron chi connectivity index (χ4n) is 3.10.